The number of imide groups is 2. The van der Waals surface area contributed by atoms with Crippen LogP contribution in [0.1, 0.15) is 21.5 Å². The molecule has 1 aliphatic heterocycles. The lowest BCUT2D eigenvalue weighted by atomic mass is 10.1. The molecule has 4 rings (SSSR count). The Morgan fingerprint density at radius 2 is 1.74 bits per heavy atom. The van der Waals surface area contributed by atoms with Crippen molar-refractivity contribution >= 4 is 90.6 Å². The van der Waals surface area contributed by atoms with Gasteiger partial charge in [-0.2, -0.15) is 0 Å². The predicted octanol–water partition coefficient (Wildman–Crippen LogP) is 6.55. The third-order valence-corrected chi connectivity index (χ3v) is 7.01. The van der Waals surface area contributed by atoms with Gasteiger partial charge in [-0.3, -0.25) is 14.9 Å². The quantitative estimate of drug-likeness (QED) is 0.180. The van der Waals surface area contributed by atoms with E-state index in [4.69, 9.17) is 27.9 Å². The lowest BCUT2D eigenvalue weighted by molar-refractivity contribution is -0.122. The fourth-order valence-electron chi connectivity index (χ4n) is 3.54. The molecule has 4 amide bonds. The van der Waals surface area contributed by atoms with Crippen LogP contribution in [0.5, 0.6) is 5.75 Å². The number of anilines is 1. The Labute approximate surface area is 243 Å². The minimum absolute atomic E-state index is 0.0731. The number of ether oxygens (including phenoxy) is 2. The molecule has 0 aromatic heterocycles. The number of nitrogens with zero attached hydrogens (tertiary/aromatic N) is 1. The molecule has 8 nitrogen and oxygen atoms in total. The fraction of sp³-hybridized carbons (Fsp3) is 0.0769. The van der Waals surface area contributed by atoms with E-state index in [9.17, 15) is 19.2 Å². The second-order valence-electron chi connectivity index (χ2n) is 7.83. The Kier molecular flexibility index (Phi) is 8.57. The molecule has 0 spiro atoms. The number of carbonyl (C=O) groups is 4. The van der Waals surface area contributed by atoms with Gasteiger partial charge in [0.15, 0.2) is 0 Å². The van der Waals surface area contributed by atoms with Crippen LogP contribution in [0.15, 0.2) is 69.1 Å². The molecule has 1 fully saturated rings. The van der Waals surface area contributed by atoms with Crippen molar-refractivity contribution < 1.29 is 28.7 Å². The number of nitrogens with one attached hydrogen (secondary N) is 1. The van der Waals surface area contributed by atoms with Crippen LogP contribution >= 0.6 is 55.1 Å². The van der Waals surface area contributed by atoms with Gasteiger partial charge in [0.1, 0.15) is 17.9 Å². The molecule has 194 valence electrons. The van der Waals surface area contributed by atoms with Crippen LogP contribution in [-0.2, 0) is 20.9 Å². The minimum atomic E-state index is -0.924. The third kappa shape index (κ3) is 5.94. The van der Waals surface area contributed by atoms with Crippen LogP contribution < -0.4 is 15.0 Å². The number of amides is 4. The van der Waals surface area contributed by atoms with Crippen LogP contribution in [0.2, 0.25) is 10.0 Å². The zero-order valence-corrected chi connectivity index (χ0v) is 24.1. The summed E-state index contributed by atoms with van der Waals surface area (Å²) in [5, 5.41) is 3.07. The molecule has 1 aliphatic rings. The second kappa shape index (κ2) is 11.7. The molecule has 3 aromatic rings. The topological polar surface area (TPSA) is 102 Å². The molecular formula is C26H16Br2Cl2N2O6. The van der Waals surface area contributed by atoms with Gasteiger partial charge in [-0.15, -0.1) is 0 Å². The maximum absolute atomic E-state index is 13.4. The first-order valence-electron chi connectivity index (χ1n) is 10.7. The van der Waals surface area contributed by atoms with E-state index >= 15 is 0 Å². The summed E-state index contributed by atoms with van der Waals surface area (Å²) in [6.45, 7) is 0.0731. The Morgan fingerprint density at radius 3 is 2.39 bits per heavy atom. The number of barbiturate groups is 1. The van der Waals surface area contributed by atoms with E-state index < -0.39 is 23.8 Å². The maximum atomic E-state index is 13.4. The first kappa shape index (κ1) is 27.8. The summed E-state index contributed by atoms with van der Waals surface area (Å²) in [5.74, 6) is -1.97. The van der Waals surface area contributed by atoms with Crippen LogP contribution in [-0.4, -0.2) is 30.9 Å². The van der Waals surface area contributed by atoms with Crippen LogP contribution in [0.3, 0.4) is 0 Å². The number of urea groups is 1. The molecule has 38 heavy (non-hydrogen) atoms. The highest BCUT2D eigenvalue weighted by Gasteiger charge is 2.37. The Bertz CT molecular complexity index is 1510. The standard InChI is InChI=1S/C26H16Br2Cl2N2O6/c1-37-25(35)13-3-6-18(7-4-13)32-24(34)19(23(33)31-26(32)36)9-15-8-16(27)10-20(28)22(15)38-12-14-2-5-17(29)11-21(14)30/h2-11H,12H2,1H3,(H,31,33,36)/b19-9+. The van der Waals surface area contributed by atoms with Crippen molar-refractivity contribution in [2.24, 2.45) is 0 Å². The summed E-state index contributed by atoms with van der Waals surface area (Å²) in [6.07, 6.45) is 1.33. The molecule has 1 heterocycles. The van der Waals surface area contributed by atoms with E-state index in [0.29, 0.717) is 35.9 Å². The third-order valence-electron chi connectivity index (χ3n) is 5.37. The van der Waals surface area contributed by atoms with Crippen molar-refractivity contribution in [3.63, 3.8) is 0 Å². The minimum Gasteiger partial charge on any atom is -0.487 e. The molecule has 0 unspecified atom stereocenters. The van der Waals surface area contributed by atoms with E-state index in [2.05, 4.69) is 41.9 Å². The first-order chi connectivity index (χ1) is 18.1. The van der Waals surface area contributed by atoms with Crippen molar-refractivity contribution in [1.82, 2.24) is 5.32 Å². The number of halogens is 4. The number of hydrogen-bond donors (Lipinski definition) is 1. The zero-order valence-electron chi connectivity index (χ0n) is 19.4. The van der Waals surface area contributed by atoms with Crippen LogP contribution in [0.4, 0.5) is 10.5 Å². The second-order valence-corrected chi connectivity index (χ2v) is 10.4. The van der Waals surface area contributed by atoms with E-state index in [1.165, 1.54) is 37.5 Å². The Balaban J connectivity index is 1.69. The number of hydrogen-bond acceptors (Lipinski definition) is 6. The van der Waals surface area contributed by atoms with Gasteiger partial charge < -0.3 is 9.47 Å². The van der Waals surface area contributed by atoms with Gasteiger partial charge in [0.05, 0.1) is 22.8 Å². The van der Waals surface area contributed by atoms with Gasteiger partial charge in [-0.25, -0.2) is 14.5 Å². The average Bonchev–Trinajstić information content (AvgIpc) is 2.86. The highest BCUT2D eigenvalue weighted by Crippen LogP contribution is 2.36. The lowest BCUT2D eigenvalue weighted by Crippen LogP contribution is -2.54. The van der Waals surface area contributed by atoms with Crippen LogP contribution in [0.25, 0.3) is 6.08 Å². The summed E-state index contributed by atoms with van der Waals surface area (Å²) in [4.78, 5) is 51.2. The number of esters is 1. The van der Waals surface area contributed by atoms with Gasteiger partial charge in [0.25, 0.3) is 11.8 Å². The number of benzene rings is 3. The summed E-state index contributed by atoms with van der Waals surface area (Å²) in [7, 11) is 1.24. The van der Waals surface area contributed by atoms with Gasteiger partial charge >= 0.3 is 12.0 Å². The summed E-state index contributed by atoms with van der Waals surface area (Å²) in [5.41, 5.74) is 1.13. The molecule has 0 saturated carbocycles. The monoisotopic (exact) mass is 680 g/mol. The zero-order chi connectivity index (χ0) is 27.6. The number of carbonyl (C=O) groups excluding carboxylic acids is 4. The SMILES string of the molecule is COC(=O)c1ccc(N2C(=O)NC(=O)/C(=C\c3cc(Br)cc(Br)c3OCc3ccc(Cl)cc3Cl)C2=O)cc1. The van der Waals surface area contributed by atoms with Crippen molar-refractivity contribution in [3.05, 3.63) is 95.9 Å². The fourth-order valence-corrected chi connectivity index (χ4v) is 5.38. The Hall–Kier alpha value is -3.18. The maximum Gasteiger partial charge on any atom is 0.337 e. The van der Waals surface area contributed by atoms with E-state index in [1.54, 1.807) is 30.3 Å². The summed E-state index contributed by atoms with van der Waals surface area (Å²) >= 11 is 19.1. The molecule has 12 heteroatoms. The van der Waals surface area contributed by atoms with E-state index in [-0.39, 0.29) is 23.4 Å². The van der Waals surface area contributed by atoms with Crippen molar-refractivity contribution in [3.8, 4) is 5.75 Å². The normalized spacial score (nSPS) is 14.5. The van der Waals surface area contributed by atoms with E-state index in [1.807, 2.05) is 0 Å². The van der Waals surface area contributed by atoms with E-state index in [0.717, 1.165) is 4.90 Å². The van der Waals surface area contributed by atoms with Gasteiger partial charge in [-0.1, -0.05) is 45.2 Å². The molecule has 0 radical (unpaired) electrons. The van der Waals surface area contributed by atoms with Gasteiger partial charge in [0, 0.05) is 25.6 Å². The average molecular weight is 683 g/mol. The van der Waals surface area contributed by atoms with Crippen molar-refractivity contribution in [2.45, 2.75) is 6.61 Å². The molecule has 0 bridgehead atoms. The van der Waals surface area contributed by atoms with Gasteiger partial charge in [0.2, 0.25) is 0 Å². The Morgan fingerprint density at radius 1 is 1.03 bits per heavy atom. The molecule has 3 aromatic carbocycles. The molecule has 1 saturated heterocycles. The lowest BCUT2D eigenvalue weighted by Gasteiger charge is -2.26. The van der Waals surface area contributed by atoms with Gasteiger partial charge in [-0.05, 0) is 70.5 Å². The van der Waals surface area contributed by atoms with Crippen molar-refractivity contribution in [2.75, 3.05) is 12.0 Å². The van der Waals surface area contributed by atoms with Crippen LogP contribution in [0, 0.1) is 0 Å². The first-order valence-corrected chi connectivity index (χ1v) is 13.1. The highest BCUT2D eigenvalue weighted by atomic mass is 79.9. The summed E-state index contributed by atoms with van der Waals surface area (Å²) in [6, 6.07) is 13.1. The highest BCUT2D eigenvalue weighted by molar-refractivity contribution is 9.11. The summed E-state index contributed by atoms with van der Waals surface area (Å²) < 4.78 is 11.9. The smallest absolute Gasteiger partial charge is 0.337 e. The molecule has 0 atom stereocenters. The number of methoxy groups -OCH3 is 1. The molecular weight excluding hydrogens is 667 g/mol. The largest absolute Gasteiger partial charge is 0.487 e. The number of rotatable bonds is 6. The van der Waals surface area contributed by atoms with Crippen molar-refractivity contribution in [1.29, 1.82) is 0 Å². The molecule has 0 aliphatic carbocycles. The predicted molar refractivity (Wildman–Crippen MR) is 149 cm³/mol. The molecule has 1 N–H and O–H groups in total.